The lowest BCUT2D eigenvalue weighted by Crippen LogP contribution is -2.49. The van der Waals surface area contributed by atoms with Gasteiger partial charge in [0.1, 0.15) is 5.82 Å². The summed E-state index contributed by atoms with van der Waals surface area (Å²) in [6.45, 7) is 3.97. The van der Waals surface area contributed by atoms with Gasteiger partial charge in [0.15, 0.2) is 17.3 Å². The molecule has 0 saturated carbocycles. The highest BCUT2D eigenvalue weighted by molar-refractivity contribution is 6.01. The van der Waals surface area contributed by atoms with E-state index in [1.54, 1.807) is 36.4 Å². The van der Waals surface area contributed by atoms with Crippen molar-refractivity contribution in [2.45, 2.75) is 32.6 Å². The lowest BCUT2D eigenvalue weighted by Gasteiger charge is -2.43. The smallest absolute Gasteiger partial charge is 0.270 e. The number of benzene rings is 2. The monoisotopic (exact) mass is 502 g/mol. The zero-order valence-electron chi connectivity index (χ0n) is 21.5. The van der Waals surface area contributed by atoms with Gasteiger partial charge in [0.05, 0.1) is 44.6 Å². The van der Waals surface area contributed by atoms with Crippen LogP contribution in [0.2, 0.25) is 0 Å². The molecule has 1 atom stereocenters. The number of nitriles is 1. The summed E-state index contributed by atoms with van der Waals surface area (Å²) in [5, 5.41) is 11.6. The number of nitrogens with zero attached hydrogens (tertiary/aromatic N) is 2. The van der Waals surface area contributed by atoms with Crippen molar-refractivity contribution in [2.75, 3.05) is 21.3 Å². The number of ketones is 1. The topological polar surface area (TPSA) is 127 Å². The van der Waals surface area contributed by atoms with Crippen LogP contribution in [-0.2, 0) is 4.79 Å². The molecule has 3 N–H and O–H groups in total. The molecular weight excluding hydrogens is 472 g/mol. The molecule has 2 aromatic carbocycles. The van der Waals surface area contributed by atoms with Gasteiger partial charge in [0.2, 0.25) is 5.75 Å². The highest BCUT2D eigenvalue weighted by atomic mass is 16.5. The molecule has 192 valence electrons. The van der Waals surface area contributed by atoms with Crippen LogP contribution in [0.5, 0.6) is 17.2 Å². The van der Waals surface area contributed by atoms with Gasteiger partial charge in [0.25, 0.3) is 5.91 Å². The van der Waals surface area contributed by atoms with Crippen molar-refractivity contribution in [3.8, 4) is 23.3 Å². The molecule has 0 fully saturated rings. The first kappa shape index (κ1) is 25.6. The summed E-state index contributed by atoms with van der Waals surface area (Å²) in [5.41, 5.74) is 11.1. The number of carbonyl (C=O) groups excluding carboxylic acids is 2. The maximum atomic E-state index is 13.7. The summed E-state index contributed by atoms with van der Waals surface area (Å²) < 4.78 is 16.5. The van der Waals surface area contributed by atoms with Crippen LogP contribution < -0.4 is 25.4 Å². The van der Waals surface area contributed by atoms with E-state index >= 15 is 0 Å². The molecule has 2 aliphatic rings. The first-order valence-electron chi connectivity index (χ1n) is 11.8. The second-order valence-corrected chi connectivity index (χ2v) is 9.75. The Hall–Kier alpha value is -4.45. The minimum atomic E-state index is -0.776. The Kier molecular flexibility index (Phi) is 6.86. The second-order valence-electron chi connectivity index (χ2n) is 9.75. The van der Waals surface area contributed by atoms with Gasteiger partial charge in [-0.15, -0.1) is 0 Å². The molecule has 0 bridgehead atoms. The minimum Gasteiger partial charge on any atom is -0.493 e. The lowest BCUT2D eigenvalue weighted by atomic mass is 9.69. The van der Waals surface area contributed by atoms with E-state index in [0.29, 0.717) is 46.1 Å². The van der Waals surface area contributed by atoms with Gasteiger partial charge in [-0.1, -0.05) is 32.0 Å². The Morgan fingerprint density at radius 1 is 1.08 bits per heavy atom. The largest absolute Gasteiger partial charge is 0.493 e. The predicted octanol–water partition coefficient (Wildman–Crippen LogP) is 3.79. The van der Waals surface area contributed by atoms with Gasteiger partial charge >= 0.3 is 0 Å². The number of hydrazine groups is 1. The zero-order valence-corrected chi connectivity index (χ0v) is 21.5. The predicted molar refractivity (Wildman–Crippen MR) is 136 cm³/mol. The molecule has 2 aromatic rings. The normalized spacial score (nSPS) is 18.6. The number of hydrogen-bond donors (Lipinski definition) is 2. The average Bonchev–Trinajstić information content (AvgIpc) is 2.88. The number of carbonyl (C=O) groups is 2. The summed E-state index contributed by atoms with van der Waals surface area (Å²) in [6.07, 6.45) is 0.745. The number of nitrogens with two attached hydrogens (primary N) is 1. The van der Waals surface area contributed by atoms with Crippen LogP contribution in [0.3, 0.4) is 0 Å². The van der Waals surface area contributed by atoms with Crippen molar-refractivity contribution in [2.24, 2.45) is 11.1 Å². The molecule has 1 aliphatic carbocycles. The van der Waals surface area contributed by atoms with E-state index in [-0.39, 0.29) is 29.0 Å². The number of rotatable bonds is 6. The van der Waals surface area contributed by atoms with Crippen molar-refractivity contribution in [1.29, 1.82) is 5.26 Å². The Balaban J connectivity index is 1.92. The van der Waals surface area contributed by atoms with Crippen LogP contribution in [0.4, 0.5) is 0 Å². The summed E-state index contributed by atoms with van der Waals surface area (Å²) in [4.78, 5) is 26.8. The molecule has 0 aromatic heterocycles. The summed E-state index contributed by atoms with van der Waals surface area (Å²) in [6, 6.07) is 14.3. The number of ether oxygens (including phenoxy) is 3. The Bertz CT molecular complexity index is 1330. The second kappa shape index (κ2) is 9.90. The summed E-state index contributed by atoms with van der Waals surface area (Å²) >= 11 is 0. The lowest BCUT2D eigenvalue weighted by molar-refractivity contribution is -0.118. The van der Waals surface area contributed by atoms with E-state index in [0.717, 1.165) is 0 Å². The highest BCUT2D eigenvalue weighted by Crippen LogP contribution is 2.50. The Labute approximate surface area is 216 Å². The maximum Gasteiger partial charge on any atom is 0.270 e. The first-order chi connectivity index (χ1) is 17.6. The van der Waals surface area contributed by atoms with E-state index in [9.17, 15) is 14.9 Å². The number of amides is 1. The third-order valence-corrected chi connectivity index (χ3v) is 6.65. The molecule has 37 heavy (non-hydrogen) atoms. The van der Waals surface area contributed by atoms with Crippen LogP contribution in [0.1, 0.15) is 48.5 Å². The number of methoxy groups -OCH3 is 3. The third-order valence-electron chi connectivity index (χ3n) is 6.65. The van der Waals surface area contributed by atoms with E-state index in [1.165, 1.54) is 26.3 Å². The molecule has 1 unspecified atom stereocenters. The van der Waals surface area contributed by atoms with E-state index < -0.39 is 11.8 Å². The molecular formula is C28H30N4O5. The van der Waals surface area contributed by atoms with Crippen LogP contribution in [0.25, 0.3) is 0 Å². The van der Waals surface area contributed by atoms with Crippen molar-refractivity contribution in [3.05, 3.63) is 76.3 Å². The fraction of sp³-hybridized carbons (Fsp3) is 0.321. The molecule has 0 saturated heterocycles. The number of hydrogen-bond acceptors (Lipinski definition) is 8. The van der Waals surface area contributed by atoms with Crippen LogP contribution in [-0.4, -0.2) is 38.0 Å². The standard InChI is InChI=1S/C28H30N4O5/c1-28(2)13-19-24(20(33)14-28)23(17-11-21(35-3)25(37-5)22(12-17)36-4)18(15-29)26(30)32(19)31-27(34)16-9-7-6-8-10-16/h6-12,23H,13-14,30H2,1-5H3,(H,31,34). The van der Waals surface area contributed by atoms with Gasteiger partial charge in [-0.3, -0.25) is 15.0 Å². The van der Waals surface area contributed by atoms with E-state index in [2.05, 4.69) is 11.5 Å². The molecule has 0 radical (unpaired) electrons. The van der Waals surface area contributed by atoms with Crippen molar-refractivity contribution in [1.82, 2.24) is 10.4 Å². The van der Waals surface area contributed by atoms with Gasteiger partial charge in [-0.2, -0.15) is 5.26 Å². The first-order valence-corrected chi connectivity index (χ1v) is 11.8. The molecule has 9 nitrogen and oxygen atoms in total. The molecule has 0 spiro atoms. The number of allylic oxidation sites excluding steroid dienone is 3. The SMILES string of the molecule is COc1cc(C2C(C#N)=C(N)N(NC(=O)c3ccccc3)C3=C2C(=O)CC(C)(C)C3)cc(OC)c1OC. The van der Waals surface area contributed by atoms with Gasteiger partial charge in [-0.05, 0) is 41.7 Å². The van der Waals surface area contributed by atoms with E-state index in [4.69, 9.17) is 19.9 Å². The van der Waals surface area contributed by atoms with Gasteiger partial charge in [-0.25, -0.2) is 5.01 Å². The third kappa shape index (κ3) is 4.58. The van der Waals surface area contributed by atoms with Crippen LogP contribution in [0.15, 0.2) is 65.1 Å². The average molecular weight is 503 g/mol. The van der Waals surface area contributed by atoms with Gasteiger partial charge < -0.3 is 19.9 Å². The van der Waals surface area contributed by atoms with Crippen molar-refractivity contribution < 1.29 is 23.8 Å². The van der Waals surface area contributed by atoms with Gasteiger partial charge in [0, 0.05) is 17.6 Å². The van der Waals surface area contributed by atoms with Crippen molar-refractivity contribution in [3.63, 3.8) is 0 Å². The molecule has 1 aliphatic heterocycles. The highest BCUT2D eigenvalue weighted by Gasteiger charge is 2.45. The fourth-order valence-electron chi connectivity index (χ4n) is 4.99. The number of nitrogens with one attached hydrogen (secondary N) is 1. The maximum absolute atomic E-state index is 13.7. The number of Topliss-reactive ketones (excluding diaryl/α,β-unsaturated/α-hetero) is 1. The quantitative estimate of drug-likeness (QED) is 0.611. The van der Waals surface area contributed by atoms with Crippen LogP contribution in [0, 0.1) is 16.7 Å². The fourth-order valence-corrected chi connectivity index (χ4v) is 4.99. The minimum absolute atomic E-state index is 0.0507. The van der Waals surface area contributed by atoms with Crippen LogP contribution >= 0.6 is 0 Å². The molecule has 4 rings (SSSR count). The summed E-state index contributed by atoms with van der Waals surface area (Å²) in [7, 11) is 4.49. The zero-order chi connectivity index (χ0) is 26.9. The molecule has 1 heterocycles. The molecule has 9 heteroatoms. The molecule has 1 amide bonds. The Morgan fingerprint density at radius 3 is 2.24 bits per heavy atom. The van der Waals surface area contributed by atoms with Crippen molar-refractivity contribution >= 4 is 11.7 Å². The Morgan fingerprint density at radius 2 is 1.70 bits per heavy atom. The summed E-state index contributed by atoms with van der Waals surface area (Å²) in [5.74, 6) is -0.0884. The van der Waals surface area contributed by atoms with E-state index in [1.807, 2.05) is 19.9 Å².